The molecule has 6 nitrogen and oxygen atoms in total. The summed E-state index contributed by atoms with van der Waals surface area (Å²) in [4.78, 5) is 25.0. The predicted octanol–water partition coefficient (Wildman–Crippen LogP) is 0.502. The summed E-state index contributed by atoms with van der Waals surface area (Å²) in [5.41, 5.74) is 0. The first-order valence-electron chi connectivity index (χ1n) is 4.66. The van der Waals surface area contributed by atoms with Gasteiger partial charge in [-0.05, 0) is 6.07 Å². The molecular weight excluding hydrogens is 212 g/mol. The van der Waals surface area contributed by atoms with E-state index in [4.69, 9.17) is 9.52 Å². The van der Waals surface area contributed by atoms with Crippen LogP contribution in [0.2, 0.25) is 0 Å². The Labute approximate surface area is 93.1 Å². The smallest absolute Gasteiger partial charge is 0.371 e. The molecule has 0 radical (unpaired) electrons. The standard InChI is InChI=1S/C10H14N2O4/c1-11(2)8(13)6-12(3)9-5-4-7(16-9)10(14)15/h4-5H,6H2,1-3H3,(H,14,15). The summed E-state index contributed by atoms with van der Waals surface area (Å²) >= 11 is 0. The van der Waals surface area contributed by atoms with Crippen molar-refractivity contribution in [3.8, 4) is 0 Å². The van der Waals surface area contributed by atoms with Crippen LogP contribution in [0.4, 0.5) is 5.88 Å². The summed E-state index contributed by atoms with van der Waals surface area (Å²) in [6, 6.07) is 2.88. The van der Waals surface area contributed by atoms with Crippen molar-refractivity contribution in [2.24, 2.45) is 0 Å². The number of carbonyl (C=O) groups is 2. The third-order valence-electron chi connectivity index (χ3n) is 2.05. The zero-order valence-electron chi connectivity index (χ0n) is 9.43. The SMILES string of the molecule is CN(C)C(=O)CN(C)c1ccc(C(=O)O)o1. The lowest BCUT2D eigenvalue weighted by Crippen LogP contribution is -2.34. The second kappa shape index (κ2) is 4.69. The first kappa shape index (κ1) is 12.1. The predicted molar refractivity (Wildman–Crippen MR) is 57.6 cm³/mol. The van der Waals surface area contributed by atoms with Gasteiger partial charge in [0.15, 0.2) is 5.88 Å². The average molecular weight is 226 g/mol. The zero-order valence-corrected chi connectivity index (χ0v) is 9.43. The highest BCUT2D eigenvalue weighted by Gasteiger charge is 2.14. The van der Waals surface area contributed by atoms with Gasteiger partial charge in [0, 0.05) is 27.2 Å². The minimum absolute atomic E-state index is 0.0872. The fourth-order valence-electron chi connectivity index (χ4n) is 1.07. The van der Waals surface area contributed by atoms with E-state index in [1.807, 2.05) is 0 Å². The van der Waals surface area contributed by atoms with Crippen molar-refractivity contribution in [3.63, 3.8) is 0 Å². The van der Waals surface area contributed by atoms with E-state index in [0.717, 1.165) is 0 Å². The third-order valence-corrected chi connectivity index (χ3v) is 2.05. The lowest BCUT2D eigenvalue weighted by Gasteiger charge is -2.18. The van der Waals surface area contributed by atoms with Crippen LogP contribution in [-0.2, 0) is 4.79 Å². The Kier molecular flexibility index (Phi) is 3.55. The maximum absolute atomic E-state index is 11.4. The molecule has 1 N–H and O–H groups in total. The number of amides is 1. The number of carboxylic acid groups (broad SMARTS) is 1. The van der Waals surface area contributed by atoms with Crippen LogP contribution in [0.25, 0.3) is 0 Å². The number of rotatable bonds is 4. The molecule has 1 aromatic rings. The molecule has 0 bridgehead atoms. The van der Waals surface area contributed by atoms with E-state index in [1.54, 1.807) is 26.0 Å². The normalized spacial score (nSPS) is 9.94. The first-order chi connectivity index (χ1) is 7.41. The Bertz CT molecular complexity index is 397. The van der Waals surface area contributed by atoms with Crippen molar-refractivity contribution in [1.82, 2.24) is 4.90 Å². The molecule has 0 spiro atoms. The Morgan fingerprint density at radius 1 is 1.31 bits per heavy atom. The van der Waals surface area contributed by atoms with E-state index in [2.05, 4.69) is 0 Å². The summed E-state index contributed by atoms with van der Waals surface area (Å²) in [7, 11) is 4.97. The van der Waals surface area contributed by atoms with Crippen molar-refractivity contribution < 1.29 is 19.1 Å². The number of carbonyl (C=O) groups excluding carboxylic acids is 1. The minimum Gasteiger partial charge on any atom is -0.475 e. The molecule has 1 amide bonds. The topological polar surface area (TPSA) is 74.0 Å². The van der Waals surface area contributed by atoms with Gasteiger partial charge in [-0.3, -0.25) is 4.79 Å². The molecule has 0 aromatic carbocycles. The summed E-state index contributed by atoms with van der Waals surface area (Å²) in [6.07, 6.45) is 0. The van der Waals surface area contributed by atoms with Crippen LogP contribution >= 0.6 is 0 Å². The van der Waals surface area contributed by atoms with Gasteiger partial charge in [0.1, 0.15) is 0 Å². The van der Waals surface area contributed by atoms with E-state index < -0.39 is 5.97 Å². The van der Waals surface area contributed by atoms with Crippen molar-refractivity contribution >= 4 is 17.8 Å². The summed E-state index contributed by atoms with van der Waals surface area (Å²) in [5.74, 6) is -0.999. The molecule has 0 aliphatic heterocycles. The Morgan fingerprint density at radius 2 is 1.94 bits per heavy atom. The molecule has 1 heterocycles. The van der Waals surface area contributed by atoms with Crippen LogP contribution in [0.15, 0.2) is 16.5 Å². The number of furan rings is 1. The molecule has 0 aliphatic carbocycles. The Balaban J connectivity index is 2.69. The van der Waals surface area contributed by atoms with Gasteiger partial charge >= 0.3 is 5.97 Å². The molecule has 16 heavy (non-hydrogen) atoms. The van der Waals surface area contributed by atoms with Crippen LogP contribution in [0.5, 0.6) is 0 Å². The molecule has 0 unspecified atom stereocenters. The molecule has 0 atom stereocenters. The van der Waals surface area contributed by atoms with E-state index in [9.17, 15) is 9.59 Å². The molecule has 6 heteroatoms. The fraction of sp³-hybridized carbons (Fsp3) is 0.400. The van der Waals surface area contributed by atoms with Crippen LogP contribution in [-0.4, -0.2) is 49.6 Å². The zero-order chi connectivity index (χ0) is 12.3. The van der Waals surface area contributed by atoms with Crippen LogP contribution < -0.4 is 4.90 Å². The molecular formula is C10H14N2O4. The Hall–Kier alpha value is -1.98. The monoisotopic (exact) mass is 226 g/mol. The van der Waals surface area contributed by atoms with E-state index in [0.29, 0.717) is 5.88 Å². The fourth-order valence-corrected chi connectivity index (χ4v) is 1.07. The third kappa shape index (κ3) is 2.75. The highest BCUT2D eigenvalue weighted by Crippen LogP contribution is 2.16. The summed E-state index contributed by atoms with van der Waals surface area (Å²) in [5, 5.41) is 8.66. The van der Waals surface area contributed by atoms with Crippen LogP contribution in [0, 0.1) is 0 Å². The van der Waals surface area contributed by atoms with Gasteiger partial charge in [-0.2, -0.15) is 0 Å². The number of carboxylic acids is 1. The molecule has 1 rings (SSSR count). The summed E-state index contributed by atoms with van der Waals surface area (Å²) < 4.78 is 5.04. The second-order valence-corrected chi connectivity index (χ2v) is 3.59. The molecule has 0 saturated carbocycles. The molecule has 88 valence electrons. The number of anilines is 1. The number of hydrogen-bond donors (Lipinski definition) is 1. The van der Waals surface area contributed by atoms with E-state index in [1.165, 1.54) is 17.0 Å². The van der Waals surface area contributed by atoms with Crippen molar-refractivity contribution in [1.29, 1.82) is 0 Å². The van der Waals surface area contributed by atoms with Gasteiger partial charge in [0.25, 0.3) is 0 Å². The van der Waals surface area contributed by atoms with E-state index >= 15 is 0 Å². The largest absolute Gasteiger partial charge is 0.475 e. The number of likely N-dealkylation sites (N-methyl/N-ethyl adjacent to an activating group) is 2. The summed E-state index contributed by atoms with van der Waals surface area (Å²) in [6.45, 7) is 0.138. The molecule has 0 aliphatic rings. The first-order valence-corrected chi connectivity index (χ1v) is 4.66. The number of aromatic carboxylic acids is 1. The van der Waals surface area contributed by atoms with Crippen molar-refractivity contribution in [2.45, 2.75) is 0 Å². The molecule has 0 fully saturated rings. The quantitative estimate of drug-likeness (QED) is 0.809. The molecule has 0 saturated heterocycles. The maximum atomic E-state index is 11.4. The Morgan fingerprint density at radius 3 is 2.38 bits per heavy atom. The maximum Gasteiger partial charge on any atom is 0.371 e. The van der Waals surface area contributed by atoms with Gasteiger partial charge in [0.2, 0.25) is 11.7 Å². The highest BCUT2D eigenvalue weighted by molar-refractivity contribution is 5.85. The number of hydrogen-bond acceptors (Lipinski definition) is 4. The van der Waals surface area contributed by atoms with Gasteiger partial charge in [-0.15, -0.1) is 0 Å². The van der Waals surface area contributed by atoms with Crippen LogP contribution in [0.1, 0.15) is 10.6 Å². The lowest BCUT2D eigenvalue weighted by molar-refractivity contribution is -0.127. The van der Waals surface area contributed by atoms with E-state index in [-0.39, 0.29) is 18.2 Å². The lowest BCUT2D eigenvalue weighted by atomic mass is 10.4. The van der Waals surface area contributed by atoms with Crippen molar-refractivity contribution in [3.05, 3.63) is 17.9 Å². The highest BCUT2D eigenvalue weighted by atomic mass is 16.4. The van der Waals surface area contributed by atoms with Gasteiger partial charge < -0.3 is 19.3 Å². The number of nitrogens with zero attached hydrogens (tertiary/aromatic N) is 2. The molecule has 1 aromatic heterocycles. The van der Waals surface area contributed by atoms with Gasteiger partial charge in [0.05, 0.1) is 6.54 Å². The van der Waals surface area contributed by atoms with Gasteiger partial charge in [-0.1, -0.05) is 0 Å². The second-order valence-electron chi connectivity index (χ2n) is 3.59. The minimum atomic E-state index is -1.13. The van der Waals surface area contributed by atoms with Crippen molar-refractivity contribution in [2.75, 3.05) is 32.6 Å². The van der Waals surface area contributed by atoms with Crippen LogP contribution in [0.3, 0.4) is 0 Å². The average Bonchev–Trinajstić information content (AvgIpc) is 2.65. The van der Waals surface area contributed by atoms with Gasteiger partial charge in [-0.25, -0.2) is 4.79 Å².